The molecule has 0 aliphatic carbocycles. The van der Waals surface area contributed by atoms with Gasteiger partial charge in [0.2, 0.25) is 0 Å². The molecule has 0 fully saturated rings. The number of carbonyl (C=O) groups is 3. The van der Waals surface area contributed by atoms with Crippen LogP contribution in [0.1, 0.15) is 47.1 Å². The molecule has 2 aromatic carbocycles. The zero-order chi connectivity index (χ0) is 19.3. The summed E-state index contributed by atoms with van der Waals surface area (Å²) in [7, 11) is 0. The van der Waals surface area contributed by atoms with Crippen LogP contribution in [0.3, 0.4) is 0 Å². The van der Waals surface area contributed by atoms with Crippen molar-refractivity contribution in [3.8, 4) is 0 Å². The molecule has 26 heavy (non-hydrogen) atoms. The van der Waals surface area contributed by atoms with E-state index in [-0.39, 0.29) is 16.9 Å². The molecule has 136 valence electrons. The predicted octanol–water partition coefficient (Wildman–Crippen LogP) is 4.07. The highest BCUT2D eigenvalue weighted by molar-refractivity contribution is 6.30. The summed E-state index contributed by atoms with van der Waals surface area (Å²) in [4.78, 5) is 36.7. The third kappa shape index (κ3) is 5.43. The van der Waals surface area contributed by atoms with Crippen molar-refractivity contribution in [1.82, 2.24) is 0 Å². The molecule has 0 saturated heterocycles. The van der Waals surface area contributed by atoms with E-state index >= 15 is 0 Å². The molecule has 0 atom stereocenters. The Bertz CT molecular complexity index is 819. The van der Waals surface area contributed by atoms with E-state index in [4.69, 9.17) is 21.1 Å². The molecule has 0 unspecified atom stereocenters. The first kappa shape index (κ1) is 19.7. The third-order valence-corrected chi connectivity index (χ3v) is 3.49. The Morgan fingerprint density at radius 2 is 1.50 bits per heavy atom. The topological polar surface area (TPSA) is 69.7 Å². The second-order valence-electron chi connectivity index (χ2n) is 6.54. The zero-order valence-corrected chi connectivity index (χ0v) is 15.5. The minimum absolute atomic E-state index is 0.0796. The molecule has 0 saturated carbocycles. The molecular formula is C20H19ClO5. The van der Waals surface area contributed by atoms with Crippen LogP contribution in [0.4, 0.5) is 0 Å². The van der Waals surface area contributed by atoms with Gasteiger partial charge in [0.05, 0.1) is 5.56 Å². The number of halogens is 1. The monoisotopic (exact) mass is 374 g/mol. The van der Waals surface area contributed by atoms with Crippen LogP contribution in [0.15, 0.2) is 48.5 Å². The fourth-order valence-corrected chi connectivity index (χ4v) is 2.32. The van der Waals surface area contributed by atoms with E-state index in [1.165, 1.54) is 12.1 Å². The number of rotatable bonds is 5. The SMILES string of the molecule is CC(C)(C)OC(=O)COC(=O)c1ccccc1C(=O)c1ccc(Cl)cc1. The van der Waals surface area contributed by atoms with Crippen LogP contribution < -0.4 is 0 Å². The molecule has 2 aromatic rings. The van der Waals surface area contributed by atoms with Crippen molar-refractivity contribution in [2.45, 2.75) is 26.4 Å². The van der Waals surface area contributed by atoms with Crippen LogP contribution in [-0.2, 0) is 14.3 Å². The Hall–Kier alpha value is -2.66. The summed E-state index contributed by atoms with van der Waals surface area (Å²) in [6.07, 6.45) is 0. The van der Waals surface area contributed by atoms with Crippen LogP contribution in [-0.4, -0.2) is 29.9 Å². The largest absolute Gasteiger partial charge is 0.457 e. The maximum atomic E-state index is 12.7. The van der Waals surface area contributed by atoms with Gasteiger partial charge in [0.25, 0.3) is 0 Å². The van der Waals surface area contributed by atoms with Gasteiger partial charge in [-0.2, -0.15) is 0 Å². The van der Waals surface area contributed by atoms with Gasteiger partial charge in [0.15, 0.2) is 12.4 Å². The van der Waals surface area contributed by atoms with Gasteiger partial charge in [0.1, 0.15) is 5.60 Å². The van der Waals surface area contributed by atoms with Crippen molar-refractivity contribution in [1.29, 1.82) is 0 Å². The van der Waals surface area contributed by atoms with Crippen LogP contribution in [0.2, 0.25) is 5.02 Å². The lowest BCUT2D eigenvalue weighted by atomic mass is 9.98. The van der Waals surface area contributed by atoms with E-state index in [2.05, 4.69) is 0 Å². The van der Waals surface area contributed by atoms with Crippen molar-refractivity contribution in [3.63, 3.8) is 0 Å². The Balaban J connectivity index is 2.15. The van der Waals surface area contributed by atoms with E-state index < -0.39 is 24.1 Å². The van der Waals surface area contributed by atoms with Gasteiger partial charge in [-0.3, -0.25) is 4.79 Å². The molecule has 6 heteroatoms. The summed E-state index contributed by atoms with van der Waals surface area (Å²) in [6.45, 7) is 4.62. The summed E-state index contributed by atoms with van der Waals surface area (Å²) in [5, 5.41) is 0.506. The number of esters is 2. The second kappa shape index (κ2) is 8.15. The summed E-state index contributed by atoms with van der Waals surface area (Å²) in [6, 6.07) is 12.6. The normalized spacial score (nSPS) is 10.9. The van der Waals surface area contributed by atoms with Gasteiger partial charge >= 0.3 is 11.9 Å². The fourth-order valence-electron chi connectivity index (χ4n) is 2.19. The van der Waals surface area contributed by atoms with Crippen LogP contribution in [0.5, 0.6) is 0 Å². The number of benzene rings is 2. The Labute approximate surface area is 156 Å². The summed E-state index contributed by atoms with van der Waals surface area (Å²) >= 11 is 5.83. The van der Waals surface area contributed by atoms with E-state index in [1.807, 2.05) is 0 Å². The Morgan fingerprint density at radius 1 is 0.923 bits per heavy atom. The Morgan fingerprint density at radius 3 is 2.08 bits per heavy atom. The third-order valence-electron chi connectivity index (χ3n) is 3.24. The average molecular weight is 375 g/mol. The highest BCUT2D eigenvalue weighted by Gasteiger charge is 2.21. The van der Waals surface area contributed by atoms with E-state index in [0.29, 0.717) is 10.6 Å². The smallest absolute Gasteiger partial charge is 0.344 e. The molecule has 0 N–H and O–H groups in total. The van der Waals surface area contributed by atoms with E-state index in [1.54, 1.807) is 57.2 Å². The predicted molar refractivity (Wildman–Crippen MR) is 97.5 cm³/mol. The molecule has 5 nitrogen and oxygen atoms in total. The van der Waals surface area contributed by atoms with Crippen molar-refractivity contribution in [3.05, 3.63) is 70.2 Å². The maximum absolute atomic E-state index is 12.7. The van der Waals surface area contributed by atoms with Gasteiger partial charge < -0.3 is 9.47 Å². The fraction of sp³-hybridized carbons (Fsp3) is 0.250. The minimum atomic E-state index is -0.770. The quantitative estimate of drug-likeness (QED) is 0.582. The van der Waals surface area contributed by atoms with Crippen molar-refractivity contribution in [2.75, 3.05) is 6.61 Å². The number of ketones is 1. The first-order valence-electron chi connectivity index (χ1n) is 7.95. The summed E-state index contributed by atoms with van der Waals surface area (Å²) in [5.74, 6) is -1.77. The van der Waals surface area contributed by atoms with Crippen LogP contribution in [0.25, 0.3) is 0 Å². The van der Waals surface area contributed by atoms with Gasteiger partial charge in [-0.15, -0.1) is 0 Å². The van der Waals surface area contributed by atoms with Gasteiger partial charge in [-0.05, 0) is 51.1 Å². The minimum Gasteiger partial charge on any atom is -0.457 e. The molecule has 0 spiro atoms. The van der Waals surface area contributed by atoms with Gasteiger partial charge in [-0.25, -0.2) is 9.59 Å². The second-order valence-corrected chi connectivity index (χ2v) is 6.98. The first-order chi connectivity index (χ1) is 12.2. The molecule has 0 aliphatic rings. The molecule has 0 amide bonds. The highest BCUT2D eigenvalue weighted by Crippen LogP contribution is 2.18. The van der Waals surface area contributed by atoms with Gasteiger partial charge in [-0.1, -0.05) is 29.8 Å². The number of hydrogen-bond acceptors (Lipinski definition) is 5. The Kier molecular flexibility index (Phi) is 6.16. The van der Waals surface area contributed by atoms with Crippen LogP contribution >= 0.6 is 11.6 Å². The number of carbonyl (C=O) groups excluding carboxylic acids is 3. The van der Waals surface area contributed by atoms with E-state index in [9.17, 15) is 14.4 Å². The average Bonchev–Trinajstić information content (AvgIpc) is 2.58. The summed E-state index contributed by atoms with van der Waals surface area (Å²) < 4.78 is 10.1. The lowest BCUT2D eigenvalue weighted by molar-refractivity contribution is -0.158. The van der Waals surface area contributed by atoms with Crippen molar-refractivity contribution >= 4 is 29.3 Å². The van der Waals surface area contributed by atoms with Gasteiger partial charge in [0, 0.05) is 16.1 Å². The lowest BCUT2D eigenvalue weighted by Gasteiger charge is -2.19. The van der Waals surface area contributed by atoms with Crippen LogP contribution in [0, 0.1) is 0 Å². The molecule has 2 rings (SSSR count). The summed E-state index contributed by atoms with van der Waals surface area (Å²) in [5.41, 5.74) is -0.0202. The lowest BCUT2D eigenvalue weighted by Crippen LogP contribution is -2.27. The standard InChI is InChI=1S/C20H19ClO5/c1-20(2,3)26-17(22)12-25-19(24)16-7-5-4-6-15(16)18(23)13-8-10-14(21)11-9-13/h4-11H,12H2,1-3H3. The van der Waals surface area contributed by atoms with Crippen molar-refractivity contribution < 1.29 is 23.9 Å². The first-order valence-corrected chi connectivity index (χ1v) is 8.33. The molecule has 0 radical (unpaired) electrons. The molecule has 0 aromatic heterocycles. The number of ether oxygens (including phenoxy) is 2. The maximum Gasteiger partial charge on any atom is 0.344 e. The van der Waals surface area contributed by atoms with E-state index in [0.717, 1.165) is 0 Å². The number of hydrogen-bond donors (Lipinski definition) is 0. The highest BCUT2D eigenvalue weighted by atomic mass is 35.5. The molecule has 0 bridgehead atoms. The zero-order valence-electron chi connectivity index (χ0n) is 14.7. The molecule has 0 heterocycles. The molecule has 0 aliphatic heterocycles. The van der Waals surface area contributed by atoms with Crippen molar-refractivity contribution in [2.24, 2.45) is 0 Å². The molecular weight excluding hydrogens is 356 g/mol.